The van der Waals surface area contributed by atoms with Gasteiger partial charge in [0.1, 0.15) is 0 Å². The van der Waals surface area contributed by atoms with Crippen LogP contribution in [-0.2, 0) is 46.4 Å². The minimum Gasteiger partial charge on any atom is -0.457 e. The second-order valence-corrected chi connectivity index (χ2v) is 4.38. The third-order valence-corrected chi connectivity index (χ3v) is 1.82. The Balaban J connectivity index is -0.0000000320. The van der Waals surface area contributed by atoms with E-state index in [9.17, 15) is 29.7 Å². The van der Waals surface area contributed by atoms with E-state index < -0.39 is 5.97 Å². The van der Waals surface area contributed by atoms with Crippen LogP contribution in [0.25, 0.3) is 0 Å². The van der Waals surface area contributed by atoms with Crippen molar-refractivity contribution in [3.05, 3.63) is 79.5 Å². The van der Waals surface area contributed by atoms with Gasteiger partial charge in [0.15, 0.2) is 11.6 Å². The SMILES string of the molecule is CC(=O)/C=C(/C)[O-].CC(=O)/C=C(/C)[O-].O.O=C([O-])c1ccccc1.[C-]#[O+].[C-]#[O+].[C-]#[O+].[Cr].[OH3+].[Tb]. The summed E-state index contributed by atoms with van der Waals surface area (Å²) in [5, 5.41) is 30.0. The van der Waals surface area contributed by atoms with Gasteiger partial charge in [-0.2, -0.15) is 0 Å². The van der Waals surface area contributed by atoms with Crippen molar-refractivity contribution in [3.63, 3.8) is 0 Å². The summed E-state index contributed by atoms with van der Waals surface area (Å²) >= 11 is 0. The van der Waals surface area contributed by atoms with Gasteiger partial charge >= 0.3 is 33.9 Å². The van der Waals surface area contributed by atoms with Crippen LogP contribution in [0.5, 0.6) is 0 Å². The number of carboxylic acids is 1. The summed E-state index contributed by atoms with van der Waals surface area (Å²) < 4.78 is 22.5. The number of allylic oxidation sites excluding steroid dienone is 4. The Morgan fingerprint density at radius 2 is 0.970 bits per heavy atom. The number of hydrogen-bond acceptors (Lipinski definition) is 6. The van der Waals surface area contributed by atoms with E-state index in [1.54, 1.807) is 18.2 Å². The fourth-order valence-corrected chi connectivity index (χ4v) is 1.15. The van der Waals surface area contributed by atoms with Crippen LogP contribution in [0.3, 0.4) is 0 Å². The molecule has 0 heterocycles. The molecule has 5 N–H and O–H groups in total. The number of ketones is 2. The predicted molar refractivity (Wildman–Crippen MR) is 99.9 cm³/mol. The minimum atomic E-state index is -1.13. The van der Waals surface area contributed by atoms with Gasteiger partial charge in [0.2, 0.25) is 0 Å². The summed E-state index contributed by atoms with van der Waals surface area (Å²) in [6, 6.07) is 8.06. The van der Waals surface area contributed by atoms with Gasteiger partial charge in [-0.3, -0.25) is 9.59 Å². The first-order valence-corrected chi connectivity index (χ1v) is 7.15. The molecule has 33 heavy (non-hydrogen) atoms. The number of carbonyl (C=O) groups is 3. The Morgan fingerprint density at radius 1 is 0.727 bits per heavy atom. The molecule has 0 saturated carbocycles. The summed E-state index contributed by atoms with van der Waals surface area (Å²) in [6.45, 7) is 18.9. The molecule has 187 valence electrons. The maximum atomic E-state index is 10.1. The fraction of sp³-hybridized carbons (Fsp3) is 0.200. The Bertz CT molecular complexity index is 659. The predicted octanol–water partition coefficient (Wildman–Crippen LogP) is -2.13. The normalized spacial score (nSPS) is 7.45. The molecule has 11 nitrogen and oxygen atoms in total. The first kappa shape index (κ1) is 57.7. The molecule has 0 aliphatic rings. The average Bonchev–Trinajstić information content (AvgIpc) is 2.66. The van der Waals surface area contributed by atoms with Gasteiger partial charge in [-0.15, -0.1) is 11.5 Å². The molecule has 0 saturated heterocycles. The molecule has 0 aromatic heterocycles. The van der Waals surface area contributed by atoms with Gasteiger partial charge in [0.05, 0.1) is 5.97 Å². The molecular formula is C20H24CrO11Tb-2. The first-order chi connectivity index (χ1) is 13.6. The summed E-state index contributed by atoms with van der Waals surface area (Å²) in [7, 11) is 0. The topological polar surface area (TPSA) is 245 Å². The summed E-state index contributed by atoms with van der Waals surface area (Å²) in [4.78, 5) is 30.0. The van der Waals surface area contributed by atoms with E-state index in [1.807, 2.05) is 0 Å². The first-order valence-electron chi connectivity index (χ1n) is 7.15. The molecule has 0 atom stereocenters. The van der Waals surface area contributed by atoms with E-state index in [1.165, 1.54) is 39.8 Å². The molecule has 0 spiro atoms. The standard InChI is InChI=1S/C7H6O2.2C5H8O2.3CO.Cr.2H2O.Tb/c8-7(9)6-4-2-1-3-5-6;2*1-4(6)3-5(2)7;3*1-2;;;;/h1-5H,(H,8,9);2*3,6H,1-2H3;;;;;2*1H2;/p-2/b;2*4-3-;;;;;;;. The van der Waals surface area contributed by atoms with Crippen LogP contribution >= 0.6 is 0 Å². The zero-order valence-corrected chi connectivity index (χ0v) is 21.4. The third-order valence-electron chi connectivity index (χ3n) is 1.82. The third kappa shape index (κ3) is 72.6. The van der Waals surface area contributed by atoms with Gasteiger partial charge in [-0.1, -0.05) is 44.2 Å². The van der Waals surface area contributed by atoms with Crippen LogP contribution in [0.1, 0.15) is 38.1 Å². The number of carboxylic acid groups (broad SMARTS) is 1. The zero-order valence-electron chi connectivity index (χ0n) is 18.0. The monoisotopic (exact) mass is 651 g/mol. The Kier molecular flexibility index (Phi) is 83.4. The quantitative estimate of drug-likeness (QED) is 0.153. The minimum absolute atomic E-state index is 0. The van der Waals surface area contributed by atoms with E-state index in [0.717, 1.165) is 12.2 Å². The van der Waals surface area contributed by atoms with E-state index in [-0.39, 0.29) is 95.6 Å². The smallest absolute Gasteiger partial charge is 0 e. The maximum absolute atomic E-state index is 10.1. The zero-order chi connectivity index (χ0) is 24.4. The van der Waals surface area contributed by atoms with Crippen LogP contribution in [0.15, 0.2) is 54.0 Å². The van der Waals surface area contributed by atoms with Crippen molar-refractivity contribution in [2.75, 3.05) is 0 Å². The second kappa shape index (κ2) is 47.7. The summed E-state index contributed by atoms with van der Waals surface area (Å²) in [5.41, 5.74) is 0.220. The molecule has 0 unspecified atom stereocenters. The van der Waals surface area contributed by atoms with E-state index in [0.29, 0.717) is 0 Å². The summed E-state index contributed by atoms with van der Waals surface area (Å²) in [5.74, 6) is -1.88. The van der Waals surface area contributed by atoms with Crippen molar-refractivity contribution in [2.45, 2.75) is 27.7 Å². The van der Waals surface area contributed by atoms with Crippen LogP contribution in [0.2, 0.25) is 0 Å². The number of benzene rings is 1. The molecule has 0 aliphatic carbocycles. The van der Waals surface area contributed by atoms with E-state index in [2.05, 4.69) is 20.0 Å². The van der Waals surface area contributed by atoms with Crippen LogP contribution in [0.4, 0.5) is 0 Å². The molecule has 0 fully saturated rings. The maximum Gasteiger partial charge on any atom is 0 e. The Morgan fingerprint density at radius 3 is 1.06 bits per heavy atom. The van der Waals surface area contributed by atoms with E-state index >= 15 is 0 Å². The molecule has 1 rings (SSSR count). The summed E-state index contributed by atoms with van der Waals surface area (Å²) in [6.07, 6.45) is 2.11. The molecule has 1 aromatic rings. The molecular weight excluding hydrogens is 627 g/mol. The number of aromatic carboxylic acids is 1. The van der Waals surface area contributed by atoms with Crippen molar-refractivity contribution in [1.82, 2.24) is 0 Å². The van der Waals surface area contributed by atoms with Gasteiger partial charge in [0, 0.05) is 56.0 Å². The number of carbonyl (C=O) groups excluding carboxylic acids is 3. The van der Waals surface area contributed by atoms with Crippen molar-refractivity contribution in [3.8, 4) is 0 Å². The van der Waals surface area contributed by atoms with Crippen LogP contribution < -0.4 is 15.3 Å². The van der Waals surface area contributed by atoms with Crippen molar-refractivity contribution in [2.24, 2.45) is 0 Å². The van der Waals surface area contributed by atoms with Crippen molar-refractivity contribution >= 4 is 17.5 Å². The molecule has 1 aromatic carbocycles. The van der Waals surface area contributed by atoms with Crippen LogP contribution in [0, 0.1) is 58.6 Å². The van der Waals surface area contributed by atoms with Crippen molar-refractivity contribution < 1.29 is 111 Å². The molecule has 0 amide bonds. The average molecular weight is 651 g/mol. The number of hydrogen-bond donors (Lipinski definition) is 0. The second-order valence-electron chi connectivity index (χ2n) is 4.38. The largest absolute Gasteiger partial charge is 0.457 e. The Hall–Kier alpha value is -1.93. The molecule has 13 heteroatoms. The number of rotatable bonds is 3. The van der Waals surface area contributed by atoms with Gasteiger partial charge < -0.3 is 31.1 Å². The Labute approximate surface area is 233 Å². The van der Waals surface area contributed by atoms with Crippen molar-refractivity contribution in [1.29, 1.82) is 0 Å². The molecule has 0 aliphatic heterocycles. The van der Waals surface area contributed by atoms with Crippen LogP contribution in [-0.4, -0.2) is 23.0 Å². The van der Waals surface area contributed by atoms with Gasteiger partial charge in [0.25, 0.3) is 0 Å². The molecule has 0 bridgehead atoms. The molecule has 1 radical (unpaired) electrons. The van der Waals surface area contributed by atoms with E-state index in [4.69, 9.17) is 14.0 Å². The van der Waals surface area contributed by atoms with Gasteiger partial charge in [-0.25, -0.2) is 0 Å². The van der Waals surface area contributed by atoms with Gasteiger partial charge in [-0.05, 0) is 31.6 Å². The fourth-order valence-electron chi connectivity index (χ4n) is 1.15.